The van der Waals surface area contributed by atoms with Crippen LogP contribution in [0, 0.1) is 6.92 Å². The second-order valence-corrected chi connectivity index (χ2v) is 6.77. The lowest BCUT2D eigenvalue weighted by Gasteiger charge is -2.23. The van der Waals surface area contributed by atoms with Crippen LogP contribution >= 0.6 is 11.6 Å². The Hall–Kier alpha value is -1.92. The molecule has 1 aliphatic rings. The Morgan fingerprint density at radius 1 is 1.38 bits per heavy atom. The number of nitrogens with one attached hydrogen (secondary N) is 1. The Morgan fingerprint density at radius 2 is 2.04 bits per heavy atom. The van der Waals surface area contributed by atoms with Crippen molar-refractivity contribution < 1.29 is 14.4 Å². The zero-order valence-electron chi connectivity index (χ0n) is 13.5. The van der Waals surface area contributed by atoms with Crippen molar-refractivity contribution in [3.8, 4) is 0 Å². The third kappa shape index (κ3) is 3.94. The standard InChI is InChI=1S/C17H20ClN3O3/c1-11-19-16(21-24-11)15(12-4-6-13(18)7-5-12)20-14(22)10-17(23)8-2-3-9-17/h4-7,15,23H,2-3,8-10H2,1H3,(H,20,22). The van der Waals surface area contributed by atoms with Gasteiger partial charge >= 0.3 is 0 Å². The molecular weight excluding hydrogens is 330 g/mol. The maximum Gasteiger partial charge on any atom is 0.223 e. The van der Waals surface area contributed by atoms with Crippen LogP contribution < -0.4 is 5.32 Å². The molecule has 1 atom stereocenters. The van der Waals surface area contributed by atoms with Gasteiger partial charge in [0.1, 0.15) is 6.04 Å². The minimum atomic E-state index is -0.901. The highest BCUT2D eigenvalue weighted by molar-refractivity contribution is 6.30. The van der Waals surface area contributed by atoms with Crippen LogP contribution in [0.25, 0.3) is 0 Å². The molecule has 3 rings (SSSR count). The topological polar surface area (TPSA) is 88.2 Å². The van der Waals surface area contributed by atoms with Crippen molar-refractivity contribution in [1.29, 1.82) is 0 Å². The summed E-state index contributed by atoms with van der Waals surface area (Å²) in [6, 6.07) is 6.56. The van der Waals surface area contributed by atoms with Crippen molar-refractivity contribution >= 4 is 17.5 Å². The zero-order chi connectivity index (χ0) is 17.2. The largest absolute Gasteiger partial charge is 0.389 e. The van der Waals surface area contributed by atoms with Gasteiger partial charge in [0.05, 0.1) is 12.0 Å². The molecule has 1 fully saturated rings. The second-order valence-electron chi connectivity index (χ2n) is 6.33. The number of carbonyl (C=O) groups excluding carboxylic acids is 1. The highest BCUT2D eigenvalue weighted by atomic mass is 35.5. The molecular formula is C17H20ClN3O3. The maximum absolute atomic E-state index is 12.5. The van der Waals surface area contributed by atoms with Gasteiger partial charge in [-0.05, 0) is 30.5 Å². The fourth-order valence-electron chi connectivity index (χ4n) is 3.11. The van der Waals surface area contributed by atoms with Crippen molar-refractivity contribution in [2.75, 3.05) is 0 Å². The van der Waals surface area contributed by atoms with E-state index in [2.05, 4.69) is 15.5 Å². The number of halogens is 1. The van der Waals surface area contributed by atoms with E-state index in [4.69, 9.17) is 16.1 Å². The normalized spacial score (nSPS) is 17.6. The van der Waals surface area contributed by atoms with Crippen LogP contribution in [0.15, 0.2) is 28.8 Å². The Kier molecular flexibility index (Phi) is 4.87. The van der Waals surface area contributed by atoms with Crippen LogP contribution in [-0.2, 0) is 4.79 Å². The van der Waals surface area contributed by atoms with Gasteiger partial charge in [-0.25, -0.2) is 0 Å². The van der Waals surface area contributed by atoms with Gasteiger partial charge in [-0.3, -0.25) is 4.79 Å². The van der Waals surface area contributed by atoms with Gasteiger partial charge in [-0.15, -0.1) is 0 Å². The Bertz CT molecular complexity index is 708. The van der Waals surface area contributed by atoms with Crippen LogP contribution in [0.5, 0.6) is 0 Å². The summed E-state index contributed by atoms with van der Waals surface area (Å²) < 4.78 is 5.04. The number of amides is 1. The summed E-state index contributed by atoms with van der Waals surface area (Å²) in [7, 11) is 0. The quantitative estimate of drug-likeness (QED) is 0.866. The molecule has 1 heterocycles. The molecule has 0 saturated heterocycles. The van der Waals surface area contributed by atoms with E-state index in [1.807, 2.05) is 12.1 Å². The SMILES string of the molecule is Cc1nc(C(NC(=O)CC2(O)CCCC2)c2ccc(Cl)cc2)no1. The summed E-state index contributed by atoms with van der Waals surface area (Å²) in [5, 5.41) is 17.9. The molecule has 7 heteroatoms. The summed E-state index contributed by atoms with van der Waals surface area (Å²) in [5.74, 6) is 0.566. The molecule has 2 aromatic rings. The fraction of sp³-hybridized carbons (Fsp3) is 0.471. The van der Waals surface area contributed by atoms with Crippen LogP contribution in [0.3, 0.4) is 0 Å². The number of hydrogen-bond acceptors (Lipinski definition) is 5. The lowest BCUT2D eigenvalue weighted by atomic mass is 9.97. The molecule has 1 unspecified atom stereocenters. The van der Waals surface area contributed by atoms with Crippen LogP contribution in [-0.4, -0.2) is 26.8 Å². The molecule has 6 nitrogen and oxygen atoms in total. The minimum absolute atomic E-state index is 0.0773. The average molecular weight is 350 g/mol. The molecule has 1 aromatic heterocycles. The van der Waals surface area contributed by atoms with Gasteiger partial charge in [-0.2, -0.15) is 4.98 Å². The number of benzene rings is 1. The number of rotatable bonds is 5. The molecule has 0 aliphatic heterocycles. The Morgan fingerprint density at radius 3 is 2.62 bits per heavy atom. The average Bonchev–Trinajstić information content (AvgIpc) is 3.15. The third-order valence-corrected chi connectivity index (χ3v) is 4.59. The van der Waals surface area contributed by atoms with Gasteiger partial charge in [0.15, 0.2) is 5.82 Å². The van der Waals surface area contributed by atoms with E-state index >= 15 is 0 Å². The van der Waals surface area contributed by atoms with Gasteiger partial charge in [0, 0.05) is 11.9 Å². The van der Waals surface area contributed by atoms with Crippen LogP contribution in [0.2, 0.25) is 5.02 Å². The smallest absolute Gasteiger partial charge is 0.223 e. The monoisotopic (exact) mass is 349 g/mol. The number of aryl methyl sites for hydroxylation is 1. The number of carbonyl (C=O) groups is 1. The lowest BCUT2D eigenvalue weighted by Crippen LogP contribution is -2.37. The number of hydrogen-bond donors (Lipinski definition) is 2. The zero-order valence-corrected chi connectivity index (χ0v) is 14.2. The second kappa shape index (κ2) is 6.91. The first kappa shape index (κ1) is 16.9. The van der Waals surface area contributed by atoms with Crippen molar-refractivity contribution in [3.05, 3.63) is 46.6 Å². The fourth-order valence-corrected chi connectivity index (χ4v) is 3.23. The molecule has 1 amide bonds. The highest BCUT2D eigenvalue weighted by Crippen LogP contribution is 2.32. The Labute approximate surface area is 145 Å². The molecule has 2 N–H and O–H groups in total. The van der Waals surface area contributed by atoms with Gasteiger partial charge < -0.3 is 14.9 Å². The van der Waals surface area contributed by atoms with E-state index in [1.165, 1.54) is 0 Å². The molecule has 1 aliphatic carbocycles. The molecule has 1 saturated carbocycles. The minimum Gasteiger partial charge on any atom is -0.389 e. The molecule has 1 aromatic carbocycles. The number of aromatic nitrogens is 2. The van der Waals surface area contributed by atoms with E-state index < -0.39 is 11.6 Å². The van der Waals surface area contributed by atoms with Crippen molar-refractivity contribution in [1.82, 2.24) is 15.5 Å². The van der Waals surface area contributed by atoms with Crippen molar-refractivity contribution in [2.45, 2.75) is 50.7 Å². The molecule has 128 valence electrons. The number of aliphatic hydroxyl groups is 1. The van der Waals surface area contributed by atoms with Gasteiger partial charge in [0.2, 0.25) is 11.8 Å². The van der Waals surface area contributed by atoms with E-state index in [-0.39, 0.29) is 12.3 Å². The highest BCUT2D eigenvalue weighted by Gasteiger charge is 2.34. The number of nitrogens with zero attached hydrogens (tertiary/aromatic N) is 2. The summed E-state index contributed by atoms with van der Waals surface area (Å²) >= 11 is 5.93. The van der Waals surface area contributed by atoms with E-state index in [0.717, 1.165) is 18.4 Å². The van der Waals surface area contributed by atoms with Crippen molar-refractivity contribution in [2.24, 2.45) is 0 Å². The first-order chi connectivity index (χ1) is 11.5. The van der Waals surface area contributed by atoms with E-state index in [9.17, 15) is 9.90 Å². The summed E-state index contributed by atoms with van der Waals surface area (Å²) in [6.07, 6.45) is 3.30. The van der Waals surface area contributed by atoms with E-state index in [1.54, 1.807) is 19.1 Å². The summed E-state index contributed by atoms with van der Waals surface area (Å²) in [6.45, 7) is 1.69. The van der Waals surface area contributed by atoms with Crippen molar-refractivity contribution in [3.63, 3.8) is 0 Å². The van der Waals surface area contributed by atoms with Crippen LogP contribution in [0.1, 0.15) is 55.4 Å². The van der Waals surface area contributed by atoms with Gasteiger partial charge in [-0.1, -0.05) is 41.7 Å². The van der Waals surface area contributed by atoms with E-state index in [0.29, 0.717) is 29.6 Å². The first-order valence-electron chi connectivity index (χ1n) is 8.03. The third-order valence-electron chi connectivity index (χ3n) is 4.33. The first-order valence-corrected chi connectivity index (χ1v) is 8.40. The lowest BCUT2D eigenvalue weighted by molar-refractivity contribution is -0.126. The van der Waals surface area contributed by atoms with Crippen LogP contribution in [0.4, 0.5) is 0 Å². The predicted molar refractivity (Wildman–Crippen MR) is 88.5 cm³/mol. The molecule has 24 heavy (non-hydrogen) atoms. The molecule has 0 bridgehead atoms. The molecule has 0 radical (unpaired) electrons. The summed E-state index contributed by atoms with van der Waals surface area (Å²) in [4.78, 5) is 16.7. The summed E-state index contributed by atoms with van der Waals surface area (Å²) in [5.41, 5.74) is -0.103. The predicted octanol–water partition coefficient (Wildman–Crippen LogP) is 2.93. The maximum atomic E-state index is 12.5. The van der Waals surface area contributed by atoms with Gasteiger partial charge in [0.25, 0.3) is 0 Å². The molecule has 0 spiro atoms. The Balaban J connectivity index is 1.79.